The van der Waals surface area contributed by atoms with Gasteiger partial charge in [0.15, 0.2) is 6.10 Å². The standard InChI is InChI=1S/C20H18O3/c1-14-7-5-10-17(13-14)22-15(2)20(21)23-19-12-6-9-16-8-3-4-11-18(16)19/h3-13,15H,1-2H3/t15-/m1/s1. The molecular formula is C20H18O3. The molecule has 0 unspecified atom stereocenters. The minimum atomic E-state index is -0.684. The summed E-state index contributed by atoms with van der Waals surface area (Å²) in [6.07, 6.45) is -0.684. The zero-order valence-electron chi connectivity index (χ0n) is 13.2. The van der Waals surface area contributed by atoms with Crippen LogP contribution < -0.4 is 9.47 Å². The smallest absolute Gasteiger partial charge is 0.352 e. The molecule has 0 amide bonds. The summed E-state index contributed by atoms with van der Waals surface area (Å²) in [5, 5.41) is 1.94. The Labute approximate surface area is 135 Å². The number of hydrogen-bond acceptors (Lipinski definition) is 3. The van der Waals surface area contributed by atoms with Gasteiger partial charge in [-0.2, -0.15) is 0 Å². The first-order valence-corrected chi connectivity index (χ1v) is 7.56. The summed E-state index contributed by atoms with van der Waals surface area (Å²) in [6, 6.07) is 21.0. The van der Waals surface area contributed by atoms with E-state index < -0.39 is 12.1 Å². The molecule has 23 heavy (non-hydrogen) atoms. The Morgan fingerprint density at radius 3 is 2.52 bits per heavy atom. The molecule has 0 aromatic heterocycles. The second-order valence-corrected chi connectivity index (χ2v) is 5.47. The van der Waals surface area contributed by atoms with Crippen LogP contribution in [0, 0.1) is 6.92 Å². The molecular weight excluding hydrogens is 288 g/mol. The van der Waals surface area contributed by atoms with Gasteiger partial charge in [0, 0.05) is 5.39 Å². The van der Waals surface area contributed by atoms with Crippen LogP contribution in [0.1, 0.15) is 12.5 Å². The molecule has 3 aromatic rings. The molecule has 0 aliphatic rings. The zero-order valence-corrected chi connectivity index (χ0v) is 13.2. The van der Waals surface area contributed by atoms with Gasteiger partial charge in [0.2, 0.25) is 0 Å². The Balaban J connectivity index is 1.75. The van der Waals surface area contributed by atoms with E-state index in [2.05, 4.69) is 0 Å². The van der Waals surface area contributed by atoms with Crippen molar-refractivity contribution in [3.8, 4) is 11.5 Å². The number of rotatable bonds is 4. The molecule has 1 atom stereocenters. The first kappa shape index (κ1) is 15.1. The molecule has 0 saturated carbocycles. The summed E-state index contributed by atoms with van der Waals surface area (Å²) in [7, 11) is 0. The maximum atomic E-state index is 12.3. The topological polar surface area (TPSA) is 35.5 Å². The van der Waals surface area contributed by atoms with Crippen molar-refractivity contribution in [2.45, 2.75) is 20.0 Å². The third-order valence-corrected chi connectivity index (χ3v) is 3.59. The average molecular weight is 306 g/mol. The van der Waals surface area contributed by atoms with Crippen LogP contribution in [0.3, 0.4) is 0 Å². The monoisotopic (exact) mass is 306 g/mol. The summed E-state index contributed by atoms with van der Waals surface area (Å²) in [6.45, 7) is 3.67. The molecule has 0 bridgehead atoms. The van der Waals surface area contributed by atoms with Crippen molar-refractivity contribution in [1.82, 2.24) is 0 Å². The van der Waals surface area contributed by atoms with Gasteiger partial charge in [0.05, 0.1) is 0 Å². The Bertz CT molecular complexity index is 834. The van der Waals surface area contributed by atoms with Crippen LogP contribution in [-0.4, -0.2) is 12.1 Å². The van der Waals surface area contributed by atoms with Crippen LogP contribution in [0.4, 0.5) is 0 Å². The lowest BCUT2D eigenvalue weighted by Gasteiger charge is -2.15. The predicted octanol–water partition coefficient (Wildman–Crippen LogP) is 4.52. The Kier molecular flexibility index (Phi) is 4.29. The second-order valence-electron chi connectivity index (χ2n) is 5.47. The number of benzene rings is 3. The maximum absolute atomic E-state index is 12.3. The molecule has 3 heteroatoms. The Morgan fingerprint density at radius 1 is 0.957 bits per heavy atom. The summed E-state index contributed by atoms with van der Waals surface area (Å²) in [5.74, 6) is 0.794. The van der Waals surface area contributed by atoms with Gasteiger partial charge in [-0.05, 0) is 43.0 Å². The third kappa shape index (κ3) is 3.51. The van der Waals surface area contributed by atoms with Crippen molar-refractivity contribution in [2.75, 3.05) is 0 Å². The molecule has 116 valence electrons. The highest BCUT2D eigenvalue weighted by molar-refractivity contribution is 5.90. The summed E-state index contributed by atoms with van der Waals surface area (Å²) in [4.78, 5) is 12.3. The van der Waals surface area contributed by atoms with Gasteiger partial charge in [0.1, 0.15) is 11.5 Å². The minimum absolute atomic E-state index is 0.414. The highest BCUT2D eigenvalue weighted by atomic mass is 16.6. The molecule has 0 spiro atoms. The number of esters is 1. The fourth-order valence-electron chi connectivity index (χ4n) is 2.42. The van der Waals surface area contributed by atoms with E-state index in [1.807, 2.05) is 67.6 Å². The number of aryl methyl sites for hydroxylation is 1. The maximum Gasteiger partial charge on any atom is 0.352 e. The SMILES string of the molecule is Cc1cccc(O[C@H](C)C(=O)Oc2cccc3ccccc23)c1. The minimum Gasteiger partial charge on any atom is -0.479 e. The van der Waals surface area contributed by atoms with E-state index >= 15 is 0 Å². The largest absolute Gasteiger partial charge is 0.479 e. The molecule has 0 fully saturated rings. The van der Waals surface area contributed by atoms with Gasteiger partial charge in [-0.1, -0.05) is 48.5 Å². The molecule has 0 radical (unpaired) electrons. The van der Waals surface area contributed by atoms with Crippen molar-refractivity contribution in [3.63, 3.8) is 0 Å². The molecule has 0 N–H and O–H groups in total. The Morgan fingerprint density at radius 2 is 1.70 bits per heavy atom. The van der Waals surface area contributed by atoms with Gasteiger partial charge in [0.25, 0.3) is 0 Å². The van der Waals surface area contributed by atoms with E-state index in [0.717, 1.165) is 16.3 Å². The molecule has 0 aliphatic heterocycles. The van der Waals surface area contributed by atoms with Crippen molar-refractivity contribution < 1.29 is 14.3 Å². The lowest BCUT2D eigenvalue weighted by atomic mass is 10.1. The first-order valence-electron chi connectivity index (χ1n) is 7.56. The van der Waals surface area contributed by atoms with Gasteiger partial charge in [-0.15, -0.1) is 0 Å². The highest BCUT2D eigenvalue weighted by Crippen LogP contribution is 2.25. The zero-order chi connectivity index (χ0) is 16.2. The summed E-state index contributed by atoms with van der Waals surface area (Å²) in [5.41, 5.74) is 1.08. The number of fused-ring (bicyclic) bond motifs is 1. The van der Waals surface area contributed by atoms with Crippen LogP contribution in [0.15, 0.2) is 66.7 Å². The number of hydrogen-bond donors (Lipinski definition) is 0. The average Bonchev–Trinajstić information content (AvgIpc) is 2.55. The molecule has 3 aromatic carbocycles. The Hall–Kier alpha value is -2.81. The predicted molar refractivity (Wildman–Crippen MR) is 90.9 cm³/mol. The second kappa shape index (κ2) is 6.53. The van der Waals surface area contributed by atoms with E-state index in [9.17, 15) is 4.79 Å². The van der Waals surface area contributed by atoms with Crippen molar-refractivity contribution in [2.24, 2.45) is 0 Å². The van der Waals surface area contributed by atoms with Gasteiger partial charge in [-0.3, -0.25) is 0 Å². The lowest BCUT2D eigenvalue weighted by Crippen LogP contribution is -2.28. The van der Waals surface area contributed by atoms with Crippen LogP contribution in [0.25, 0.3) is 10.8 Å². The van der Waals surface area contributed by atoms with E-state index in [1.165, 1.54) is 0 Å². The van der Waals surface area contributed by atoms with Crippen LogP contribution in [0.5, 0.6) is 11.5 Å². The van der Waals surface area contributed by atoms with Crippen molar-refractivity contribution in [3.05, 3.63) is 72.3 Å². The van der Waals surface area contributed by atoms with E-state index in [-0.39, 0.29) is 0 Å². The summed E-state index contributed by atoms with van der Waals surface area (Å²) < 4.78 is 11.2. The van der Waals surface area contributed by atoms with Gasteiger partial charge < -0.3 is 9.47 Å². The fraction of sp³-hybridized carbons (Fsp3) is 0.150. The van der Waals surface area contributed by atoms with Crippen LogP contribution in [-0.2, 0) is 4.79 Å². The lowest BCUT2D eigenvalue weighted by molar-refractivity contribution is -0.141. The normalized spacial score (nSPS) is 11.9. The van der Waals surface area contributed by atoms with Crippen LogP contribution in [0.2, 0.25) is 0 Å². The molecule has 3 rings (SSSR count). The highest BCUT2D eigenvalue weighted by Gasteiger charge is 2.18. The fourth-order valence-corrected chi connectivity index (χ4v) is 2.42. The number of carbonyl (C=O) groups excluding carboxylic acids is 1. The van der Waals surface area contributed by atoms with Gasteiger partial charge in [-0.25, -0.2) is 4.79 Å². The first-order chi connectivity index (χ1) is 11.1. The van der Waals surface area contributed by atoms with Crippen LogP contribution >= 0.6 is 0 Å². The van der Waals surface area contributed by atoms with E-state index in [4.69, 9.17) is 9.47 Å². The van der Waals surface area contributed by atoms with Crippen molar-refractivity contribution >= 4 is 16.7 Å². The van der Waals surface area contributed by atoms with Gasteiger partial charge >= 0.3 is 5.97 Å². The molecule has 0 saturated heterocycles. The molecule has 3 nitrogen and oxygen atoms in total. The summed E-state index contributed by atoms with van der Waals surface area (Å²) >= 11 is 0. The number of ether oxygens (including phenoxy) is 2. The van der Waals surface area contributed by atoms with Crippen molar-refractivity contribution in [1.29, 1.82) is 0 Å². The third-order valence-electron chi connectivity index (χ3n) is 3.59. The molecule has 0 heterocycles. The van der Waals surface area contributed by atoms with E-state index in [1.54, 1.807) is 13.0 Å². The quantitative estimate of drug-likeness (QED) is 0.525. The molecule has 0 aliphatic carbocycles. The number of carbonyl (C=O) groups is 1. The van der Waals surface area contributed by atoms with E-state index in [0.29, 0.717) is 11.5 Å².